The van der Waals surface area contributed by atoms with Crippen molar-refractivity contribution >= 4 is 5.91 Å². The number of nitrogens with zero attached hydrogens (tertiary/aromatic N) is 3. The van der Waals surface area contributed by atoms with Gasteiger partial charge in [0.05, 0.1) is 11.4 Å². The molecule has 32 heavy (non-hydrogen) atoms. The Labute approximate surface area is 186 Å². The maximum atomic E-state index is 13.1. The van der Waals surface area contributed by atoms with Gasteiger partial charge in [0.25, 0.3) is 5.91 Å². The monoisotopic (exact) mass is 425 g/mol. The van der Waals surface area contributed by atoms with E-state index in [1.165, 1.54) is 0 Å². The zero-order valence-corrected chi connectivity index (χ0v) is 17.7. The van der Waals surface area contributed by atoms with Crippen LogP contribution >= 0.6 is 0 Å². The fraction of sp³-hybridized carbons (Fsp3) is 0.154. The lowest BCUT2D eigenvalue weighted by molar-refractivity contribution is -0.140. The van der Waals surface area contributed by atoms with E-state index in [0.717, 1.165) is 22.5 Å². The maximum Gasteiger partial charge on any atom is 0.267 e. The number of hydrogen-bond acceptors (Lipinski definition) is 4. The van der Waals surface area contributed by atoms with E-state index in [0.29, 0.717) is 18.0 Å². The van der Waals surface area contributed by atoms with Crippen molar-refractivity contribution < 1.29 is 14.3 Å². The van der Waals surface area contributed by atoms with Crippen LogP contribution < -0.4 is 9.47 Å². The van der Waals surface area contributed by atoms with Crippen molar-refractivity contribution in [1.29, 1.82) is 0 Å². The number of likely N-dealkylation sites (N-methyl/N-ethyl adjacent to an activating group) is 1. The Balaban J connectivity index is 1.40. The second-order valence-electron chi connectivity index (χ2n) is 7.71. The van der Waals surface area contributed by atoms with E-state index in [4.69, 9.17) is 14.6 Å². The van der Waals surface area contributed by atoms with Crippen LogP contribution in [-0.4, -0.2) is 40.3 Å². The molecule has 4 aromatic rings. The number of fused-ring (bicyclic) bond motifs is 1. The third-order valence-corrected chi connectivity index (χ3v) is 5.43. The predicted molar refractivity (Wildman–Crippen MR) is 122 cm³/mol. The van der Waals surface area contributed by atoms with Crippen LogP contribution in [0.1, 0.15) is 5.56 Å². The van der Waals surface area contributed by atoms with Gasteiger partial charge in [-0.1, -0.05) is 60.7 Å². The minimum Gasteiger partial charge on any atom is -0.485 e. The Kier molecular flexibility index (Phi) is 5.34. The van der Waals surface area contributed by atoms with Gasteiger partial charge in [0.15, 0.2) is 11.5 Å². The van der Waals surface area contributed by atoms with Gasteiger partial charge in [-0.2, -0.15) is 5.10 Å². The standard InChI is InChI=1S/C26H23N3O3/c1-28(26(30)24-18-31-22-14-8-9-15-23(22)32-24)16-20-17-29(21-12-6-3-7-13-21)27-25(20)19-10-4-2-5-11-19/h2-15,17,24H,16,18H2,1H3/t24-/m0/s1. The van der Waals surface area contributed by atoms with Crippen LogP contribution in [0.2, 0.25) is 0 Å². The number of carbonyl (C=O) groups excluding carboxylic acids is 1. The van der Waals surface area contributed by atoms with Crippen LogP contribution in [0.3, 0.4) is 0 Å². The number of carbonyl (C=O) groups is 1. The van der Waals surface area contributed by atoms with Gasteiger partial charge < -0.3 is 14.4 Å². The molecule has 1 aliphatic rings. The fourth-order valence-corrected chi connectivity index (χ4v) is 3.80. The Morgan fingerprint density at radius 2 is 1.62 bits per heavy atom. The number of aromatic nitrogens is 2. The summed E-state index contributed by atoms with van der Waals surface area (Å²) in [4.78, 5) is 14.8. The number of benzene rings is 3. The molecular formula is C26H23N3O3. The molecule has 0 unspecified atom stereocenters. The second kappa shape index (κ2) is 8.59. The zero-order valence-electron chi connectivity index (χ0n) is 17.7. The van der Waals surface area contributed by atoms with Gasteiger partial charge in [0.1, 0.15) is 6.61 Å². The van der Waals surface area contributed by atoms with E-state index >= 15 is 0 Å². The average Bonchev–Trinajstić information content (AvgIpc) is 3.28. The molecule has 0 fully saturated rings. The van der Waals surface area contributed by atoms with Gasteiger partial charge in [-0.3, -0.25) is 4.79 Å². The zero-order chi connectivity index (χ0) is 21.9. The van der Waals surface area contributed by atoms with E-state index in [2.05, 4.69) is 0 Å². The highest BCUT2D eigenvalue weighted by Gasteiger charge is 2.30. The molecule has 1 atom stereocenters. The van der Waals surface area contributed by atoms with E-state index in [1.54, 1.807) is 11.9 Å². The molecule has 160 valence electrons. The first-order chi connectivity index (χ1) is 15.7. The molecule has 5 rings (SSSR count). The molecule has 2 heterocycles. The normalized spacial score (nSPS) is 14.7. The summed E-state index contributed by atoms with van der Waals surface area (Å²) in [5.74, 6) is 1.12. The first-order valence-electron chi connectivity index (χ1n) is 10.5. The molecule has 0 saturated heterocycles. The summed E-state index contributed by atoms with van der Waals surface area (Å²) in [6.45, 7) is 0.590. The molecule has 1 aromatic heterocycles. The van der Waals surface area contributed by atoms with Crippen molar-refractivity contribution in [2.75, 3.05) is 13.7 Å². The van der Waals surface area contributed by atoms with Crippen LogP contribution in [0.15, 0.2) is 91.1 Å². The van der Waals surface area contributed by atoms with Crippen LogP contribution in [0.4, 0.5) is 0 Å². The third-order valence-electron chi connectivity index (χ3n) is 5.43. The smallest absolute Gasteiger partial charge is 0.267 e. The minimum atomic E-state index is -0.681. The van der Waals surface area contributed by atoms with Gasteiger partial charge in [-0.25, -0.2) is 4.68 Å². The maximum absolute atomic E-state index is 13.1. The van der Waals surface area contributed by atoms with Crippen molar-refractivity contribution in [2.45, 2.75) is 12.6 Å². The second-order valence-corrected chi connectivity index (χ2v) is 7.71. The van der Waals surface area contributed by atoms with Gasteiger partial charge in [0, 0.05) is 30.9 Å². The predicted octanol–water partition coefficient (Wildman–Crippen LogP) is 4.34. The van der Waals surface area contributed by atoms with Gasteiger partial charge in [-0.15, -0.1) is 0 Å². The van der Waals surface area contributed by atoms with E-state index in [-0.39, 0.29) is 12.5 Å². The molecule has 6 heteroatoms. The van der Waals surface area contributed by atoms with Gasteiger partial charge in [0.2, 0.25) is 6.10 Å². The lowest BCUT2D eigenvalue weighted by atomic mass is 10.1. The summed E-state index contributed by atoms with van der Waals surface area (Å²) in [6.07, 6.45) is 1.30. The molecule has 1 amide bonds. The lowest BCUT2D eigenvalue weighted by Crippen LogP contribution is -2.44. The summed E-state index contributed by atoms with van der Waals surface area (Å²) in [7, 11) is 1.78. The Bertz CT molecular complexity index is 1220. The molecule has 0 bridgehead atoms. The van der Waals surface area contributed by atoms with Crippen LogP contribution in [0.5, 0.6) is 11.5 Å². The average molecular weight is 425 g/mol. The van der Waals surface area contributed by atoms with Crippen molar-refractivity contribution in [3.63, 3.8) is 0 Å². The quantitative estimate of drug-likeness (QED) is 0.477. The summed E-state index contributed by atoms with van der Waals surface area (Å²) in [5, 5.41) is 4.83. The first-order valence-corrected chi connectivity index (χ1v) is 10.5. The SMILES string of the molecule is CN(Cc1cn(-c2ccccc2)nc1-c1ccccc1)C(=O)[C@@H]1COc2ccccc2O1. The summed E-state index contributed by atoms with van der Waals surface area (Å²) < 4.78 is 13.5. The molecule has 3 aromatic carbocycles. The van der Waals surface area contributed by atoms with E-state index in [1.807, 2.05) is 95.8 Å². The van der Waals surface area contributed by atoms with Crippen molar-refractivity contribution in [3.8, 4) is 28.4 Å². The molecule has 1 aliphatic heterocycles. The van der Waals surface area contributed by atoms with Gasteiger partial charge in [-0.05, 0) is 24.3 Å². The highest BCUT2D eigenvalue weighted by atomic mass is 16.6. The van der Waals surface area contributed by atoms with Crippen molar-refractivity contribution in [2.24, 2.45) is 0 Å². The summed E-state index contributed by atoms with van der Waals surface area (Å²) >= 11 is 0. The molecule has 0 spiro atoms. The highest BCUT2D eigenvalue weighted by molar-refractivity contribution is 5.82. The number of rotatable bonds is 5. The Morgan fingerprint density at radius 3 is 2.38 bits per heavy atom. The van der Waals surface area contributed by atoms with Crippen LogP contribution in [0, 0.1) is 0 Å². The number of hydrogen-bond donors (Lipinski definition) is 0. The molecule has 0 saturated carbocycles. The van der Waals surface area contributed by atoms with Crippen molar-refractivity contribution in [3.05, 3.63) is 96.7 Å². The number of para-hydroxylation sites is 3. The third kappa shape index (κ3) is 3.95. The largest absolute Gasteiger partial charge is 0.485 e. The van der Waals surface area contributed by atoms with E-state index < -0.39 is 6.10 Å². The molecule has 6 nitrogen and oxygen atoms in total. The minimum absolute atomic E-state index is 0.133. The molecule has 0 radical (unpaired) electrons. The number of ether oxygens (including phenoxy) is 2. The molecule has 0 aliphatic carbocycles. The summed E-state index contributed by atoms with van der Waals surface area (Å²) in [6, 6.07) is 27.3. The Morgan fingerprint density at radius 1 is 0.969 bits per heavy atom. The molecule has 0 N–H and O–H groups in total. The Hall–Kier alpha value is -4.06. The van der Waals surface area contributed by atoms with Gasteiger partial charge >= 0.3 is 0 Å². The van der Waals surface area contributed by atoms with Crippen molar-refractivity contribution in [1.82, 2.24) is 14.7 Å². The number of amides is 1. The molecular weight excluding hydrogens is 402 g/mol. The highest BCUT2D eigenvalue weighted by Crippen LogP contribution is 2.31. The fourth-order valence-electron chi connectivity index (χ4n) is 3.80. The first kappa shape index (κ1) is 19.9. The lowest BCUT2D eigenvalue weighted by Gasteiger charge is -2.28. The summed E-state index contributed by atoms with van der Waals surface area (Å²) in [5.41, 5.74) is 3.77. The van der Waals surface area contributed by atoms with Crippen LogP contribution in [0.25, 0.3) is 16.9 Å². The topological polar surface area (TPSA) is 56.6 Å². The van der Waals surface area contributed by atoms with E-state index in [9.17, 15) is 4.79 Å². The van der Waals surface area contributed by atoms with Crippen LogP contribution in [-0.2, 0) is 11.3 Å².